The second-order valence-electron chi connectivity index (χ2n) is 5.71. The maximum atomic E-state index is 12.5. The molecule has 2 rings (SSSR count). The summed E-state index contributed by atoms with van der Waals surface area (Å²) >= 11 is 0. The molecule has 1 aliphatic heterocycles. The molecule has 2 aliphatic rings. The fourth-order valence-corrected chi connectivity index (χ4v) is 3.22. The van der Waals surface area contributed by atoms with Gasteiger partial charge in [-0.2, -0.15) is 0 Å². The quantitative estimate of drug-likeness (QED) is 0.839. The van der Waals surface area contributed by atoms with Gasteiger partial charge in [-0.05, 0) is 38.5 Å². The second kappa shape index (κ2) is 7.34. The van der Waals surface area contributed by atoms with Crippen molar-refractivity contribution in [3.63, 3.8) is 0 Å². The van der Waals surface area contributed by atoms with Crippen LogP contribution >= 0.6 is 12.4 Å². The van der Waals surface area contributed by atoms with Crippen LogP contribution in [0.2, 0.25) is 0 Å². The highest BCUT2D eigenvalue weighted by Gasteiger charge is 2.31. The number of carbonyl (C=O) groups excluding carboxylic acids is 1. The summed E-state index contributed by atoms with van der Waals surface area (Å²) in [6, 6.07) is 0.375. The van der Waals surface area contributed by atoms with E-state index in [4.69, 9.17) is 0 Å². The van der Waals surface area contributed by atoms with Crippen LogP contribution in [0.3, 0.4) is 0 Å². The van der Waals surface area contributed by atoms with Gasteiger partial charge < -0.3 is 10.2 Å². The Bertz CT molecular complexity index is 265. The minimum Gasteiger partial charge on any atom is -0.337 e. The van der Waals surface area contributed by atoms with Crippen molar-refractivity contribution in [3.8, 4) is 0 Å². The Labute approximate surface area is 117 Å². The highest BCUT2D eigenvalue weighted by molar-refractivity contribution is 5.85. The SMILES string of the molecule is CCC1CCC(C(=O)N2CCNCC2C)CC1.Cl. The number of nitrogens with zero attached hydrogens (tertiary/aromatic N) is 1. The first-order valence-electron chi connectivity index (χ1n) is 7.23. The number of amides is 1. The number of hydrogen-bond acceptors (Lipinski definition) is 2. The van der Waals surface area contributed by atoms with E-state index in [1.165, 1.54) is 19.3 Å². The molecule has 1 unspecified atom stereocenters. The van der Waals surface area contributed by atoms with E-state index in [2.05, 4.69) is 24.1 Å². The maximum absolute atomic E-state index is 12.5. The fraction of sp³-hybridized carbons (Fsp3) is 0.929. The monoisotopic (exact) mass is 274 g/mol. The number of carbonyl (C=O) groups is 1. The number of hydrogen-bond donors (Lipinski definition) is 1. The van der Waals surface area contributed by atoms with Gasteiger partial charge in [0.2, 0.25) is 5.91 Å². The third kappa shape index (κ3) is 3.61. The minimum atomic E-state index is 0. The molecule has 4 heteroatoms. The van der Waals surface area contributed by atoms with Crippen LogP contribution in [0.1, 0.15) is 46.0 Å². The Morgan fingerprint density at radius 3 is 2.50 bits per heavy atom. The summed E-state index contributed by atoms with van der Waals surface area (Å²) in [5.41, 5.74) is 0. The van der Waals surface area contributed by atoms with Crippen LogP contribution in [0, 0.1) is 11.8 Å². The number of nitrogens with one attached hydrogen (secondary N) is 1. The largest absolute Gasteiger partial charge is 0.337 e. The van der Waals surface area contributed by atoms with E-state index >= 15 is 0 Å². The molecule has 1 atom stereocenters. The third-order valence-electron chi connectivity index (χ3n) is 4.56. The zero-order valence-corrected chi connectivity index (χ0v) is 12.5. The standard InChI is InChI=1S/C14H26N2O.ClH/c1-3-12-4-6-13(7-5-12)14(17)16-9-8-15-10-11(16)2;/h11-13,15H,3-10H2,1-2H3;1H. The van der Waals surface area contributed by atoms with E-state index in [1.54, 1.807) is 0 Å². The molecule has 1 aliphatic carbocycles. The molecule has 18 heavy (non-hydrogen) atoms. The van der Waals surface area contributed by atoms with Crippen LogP contribution in [0.15, 0.2) is 0 Å². The summed E-state index contributed by atoms with van der Waals surface area (Å²) in [6.45, 7) is 7.23. The van der Waals surface area contributed by atoms with Crippen molar-refractivity contribution in [1.82, 2.24) is 10.2 Å². The normalized spacial score (nSPS) is 32.8. The summed E-state index contributed by atoms with van der Waals surface area (Å²) < 4.78 is 0. The predicted molar refractivity (Wildman–Crippen MR) is 77.0 cm³/mol. The van der Waals surface area contributed by atoms with Gasteiger partial charge in [-0.1, -0.05) is 13.3 Å². The van der Waals surface area contributed by atoms with Crippen molar-refractivity contribution >= 4 is 18.3 Å². The van der Waals surface area contributed by atoms with Crippen molar-refractivity contribution in [1.29, 1.82) is 0 Å². The molecule has 1 N–H and O–H groups in total. The Hall–Kier alpha value is -0.280. The Balaban J connectivity index is 0.00000162. The zero-order chi connectivity index (χ0) is 12.3. The predicted octanol–water partition coefficient (Wildman–Crippen LogP) is 2.44. The van der Waals surface area contributed by atoms with Gasteiger partial charge in [0.15, 0.2) is 0 Å². The maximum Gasteiger partial charge on any atom is 0.226 e. The lowest BCUT2D eigenvalue weighted by Gasteiger charge is -2.38. The van der Waals surface area contributed by atoms with E-state index in [9.17, 15) is 4.79 Å². The van der Waals surface area contributed by atoms with Crippen LogP contribution in [-0.2, 0) is 4.79 Å². The van der Waals surface area contributed by atoms with E-state index in [1.807, 2.05) is 0 Å². The van der Waals surface area contributed by atoms with Crippen LogP contribution in [0.4, 0.5) is 0 Å². The van der Waals surface area contributed by atoms with E-state index in [0.717, 1.165) is 38.4 Å². The average Bonchev–Trinajstić information content (AvgIpc) is 2.39. The first-order valence-corrected chi connectivity index (χ1v) is 7.23. The van der Waals surface area contributed by atoms with Gasteiger partial charge in [0.25, 0.3) is 0 Å². The molecule has 3 nitrogen and oxygen atoms in total. The topological polar surface area (TPSA) is 32.3 Å². The summed E-state index contributed by atoms with van der Waals surface area (Å²) in [7, 11) is 0. The van der Waals surface area contributed by atoms with Gasteiger partial charge >= 0.3 is 0 Å². The average molecular weight is 275 g/mol. The molecule has 1 amide bonds. The van der Waals surface area contributed by atoms with Gasteiger partial charge in [0, 0.05) is 31.6 Å². The molecule has 0 aromatic heterocycles. The molecule has 0 spiro atoms. The van der Waals surface area contributed by atoms with Gasteiger partial charge in [-0.3, -0.25) is 4.79 Å². The number of halogens is 1. The Morgan fingerprint density at radius 1 is 1.28 bits per heavy atom. The van der Waals surface area contributed by atoms with Gasteiger partial charge in [0.1, 0.15) is 0 Å². The van der Waals surface area contributed by atoms with Crippen molar-refractivity contribution in [2.24, 2.45) is 11.8 Å². The zero-order valence-electron chi connectivity index (χ0n) is 11.7. The second-order valence-corrected chi connectivity index (χ2v) is 5.71. The highest BCUT2D eigenvalue weighted by Crippen LogP contribution is 2.32. The van der Waals surface area contributed by atoms with Crippen molar-refractivity contribution < 1.29 is 4.79 Å². The first-order chi connectivity index (χ1) is 8.22. The fourth-order valence-electron chi connectivity index (χ4n) is 3.22. The van der Waals surface area contributed by atoms with Crippen molar-refractivity contribution in [2.45, 2.75) is 52.0 Å². The minimum absolute atomic E-state index is 0. The molecule has 0 aromatic rings. The van der Waals surface area contributed by atoms with Crippen LogP contribution in [0.25, 0.3) is 0 Å². The Morgan fingerprint density at radius 2 is 1.94 bits per heavy atom. The van der Waals surface area contributed by atoms with Crippen molar-refractivity contribution in [2.75, 3.05) is 19.6 Å². The molecule has 2 fully saturated rings. The molecule has 0 radical (unpaired) electrons. The van der Waals surface area contributed by atoms with Crippen LogP contribution in [0.5, 0.6) is 0 Å². The number of piperazine rings is 1. The summed E-state index contributed by atoms with van der Waals surface area (Å²) in [4.78, 5) is 14.6. The molecule has 1 heterocycles. The first kappa shape index (κ1) is 15.8. The molecule has 0 bridgehead atoms. The van der Waals surface area contributed by atoms with Crippen LogP contribution in [-0.4, -0.2) is 36.5 Å². The molecule has 1 saturated heterocycles. The summed E-state index contributed by atoms with van der Waals surface area (Å²) in [5.74, 6) is 1.62. The van der Waals surface area contributed by atoms with Gasteiger partial charge in [0.05, 0.1) is 0 Å². The van der Waals surface area contributed by atoms with Gasteiger partial charge in [-0.15, -0.1) is 12.4 Å². The number of rotatable bonds is 2. The highest BCUT2D eigenvalue weighted by atomic mass is 35.5. The lowest BCUT2D eigenvalue weighted by atomic mass is 9.80. The van der Waals surface area contributed by atoms with Crippen LogP contribution < -0.4 is 5.32 Å². The summed E-state index contributed by atoms with van der Waals surface area (Å²) in [5, 5.41) is 3.34. The van der Waals surface area contributed by atoms with Crippen molar-refractivity contribution in [3.05, 3.63) is 0 Å². The molecular weight excluding hydrogens is 248 g/mol. The Kier molecular flexibility index (Phi) is 6.44. The lowest BCUT2D eigenvalue weighted by molar-refractivity contribution is -0.139. The summed E-state index contributed by atoms with van der Waals surface area (Å²) in [6.07, 6.45) is 6.04. The third-order valence-corrected chi connectivity index (χ3v) is 4.56. The molecule has 0 aromatic carbocycles. The van der Waals surface area contributed by atoms with E-state index in [0.29, 0.717) is 17.9 Å². The van der Waals surface area contributed by atoms with Gasteiger partial charge in [-0.25, -0.2) is 0 Å². The van der Waals surface area contributed by atoms with E-state index in [-0.39, 0.29) is 12.4 Å². The molecule has 106 valence electrons. The smallest absolute Gasteiger partial charge is 0.226 e. The lowest BCUT2D eigenvalue weighted by Crippen LogP contribution is -2.54. The molecular formula is C14H27ClN2O. The van der Waals surface area contributed by atoms with E-state index < -0.39 is 0 Å². The molecule has 1 saturated carbocycles.